The molecule has 1 amide bonds. The highest BCUT2D eigenvalue weighted by Crippen LogP contribution is 2.42. The second-order valence-electron chi connectivity index (χ2n) is 6.84. The predicted molar refractivity (Wildman–Crippen MR) is 88.9 cm³/mol. The molecule has 0 spiro atoms. The molecule has 1 aromatic rings. The van der Waals surface area contributed by atoms with Crippen LogP contribution in [0, 0.1) is 5.92 Å². The number of likely N-dealkylation sites (tertiary alicyclic amines) is 1. The van der Waals surface area contributed by atoms with E-state index in [4.69, 9.17) is 4.74 Å². The van der Waals surface area contributed by atoms with Crippen LogP contribution in [-0.4, -0.2) is 42.2 Å². The topological polar surface area (TPSA) is 49.8 Å². The second-order valence-corrected chi connectivity index (χ2v) is 6.84. The molecule has 126 valence electrons. The first kappa shape index (κ1) is 16.5. The third kappa shape index (κ3) is 3.15. The maximum absolute atomic E-state index is 13.2. The van der Waals surface area contributed by atoms with Crippen molar-refractivity contribution in [3.8, 4) is 0 Å². The number of piperidine rings is 1. The van der Waals surface area contributed by atoms with Gasteiger partial charge < -0.3 is 14.7 Å². The molecule has 2 fully saturated rings. The van der Waals surface area contributed by atoms with Crippen LogP contribution < -0.4 is 0 Å². The molecule has 4 nitrogen and oxygen atoms in total. The van der Waals surface area contributed by atoms with Gasteiger partial charge in [-0.1, -0.05) is 43.2 Å². The van der Waals surface area contributed by atoms with Gasteiger partial charge in [-0.3, -0.25) is 4.79 Å². The maximum atomic E-state index is 13.2. The molecule has 1 aliphatic carbocycles. The Morgan fingerprint density at radius 2 is 1.74 bits per heavy atom. The van der Waals surface area contributed by atoms with E-state index < -0.39 is 5.60 Å². The Bertz CT molecular complexity index is 519. The average Bonchev–Trinajstić information content (AvgIpc) is 3.16. The molecule has 0 unspecified atom stereocenters. The standard InChI is InChI=1S/C19H27NO3/c1-23-17-11-13-20(14-12-17)18(21)19(22,16-9-5-6-10-16)15-7-3-2-4-8-15/h2-4,7-8,16-17,22H,5-6,9-14H2,1H3/t19-/m0/s1. The van der Waals surface area contributed by atoms with Crippen molar-refractivity contribution in [3.05, 3.63) is 35.9 Å². The fourth-order valence-electron chi connectivity index (χ4n) is 4.11. The van der Waals surface area contributed by atoms with Gasteiger partial charge in [0.15, 0.2) is 5.60 Å². The fraction of sp³-hybridized carbons (Fsp3) is 0.632. The molecule has 2 aliphatic rings. The minimum absolute atomic E-state index is 0.0255. The van der Waals surface area contributed by atoms with Gasteiger partial charge in [-0.15, -0.1) is 0 Å². The summed E-state index contributed by atoms with van der Waals surface area (Å²) in [7, 11) is 1.72. The van der Waals surface area contributed by atoms with E-state index in [1.807, 2.05) is 35.2 Å². The van der Waals surface area contributed by atoms with Gasteiger partial charge >= 0.3 is 0 Å². The number of hydrogen-bond donors (Lipinski definition) is 1. The van der Waals surface area contributed by atoms with Crippen molar-refractivity contribution in [1.82, 2.24) is 4.90 Å². The Kier molecular flexibility index (Phi) is 5.02. The molecule has 3 rings (SSSR count). The zero-order valence-electron chi connectivity index (χ0n) is 13.9. The first-order chi connectivity index (χ1) is 11.2. The zero-order chi connectivity index (χ0) is 16.3. The molecule has 1 aliphatic heterocycles. The highest BCUT2D eigenvalue weighted by atomic mass is 16.5. The van der Waals surface area contributed by atoms with E-state index in [1.165, 1.54) is 0 Å². The summed E-state index contributed by atoms with van der Waals surface area (Å²) in [6.45, 7) is 1.33. The predicted octanol–water partition coefficient (Wildman–Crippen LogP) is 2.70. The number of benzene rings is 1. The van der Waals surface area contributed by atoms with Crippen molar-refractivity contribution in [3.63, 3.8) is 0 Å². The SMILES string of the molecule is COC1CCN(C(=O)[C@](O)(c2ccccc2)C2CCCC2)CC1. The Morgan fingerprint density at radius 3 is 2.30 bits per heavy atom. The summed E-state index contributed by atoms with van der Waals surface area (Å²) in [6.07, 6.45) is 5.96. The van der Waals surface area contributed by atoms with Gasteiger partial charge in [-0.25, -0.2) is 0 Å². The molecular weight excluding hydrogens is 290 g/mol. The van der Waals surface area contributed by atoms with Crippen LogP contribution in [0.2, 0.25) is 0 Å². The van der Waals surface area contributed by atoms with E-state index in [9.17, 15) is 9.90 Å². The van der Waals surface area contributed by atoms with E-state index in [0.29, 0.717) is 13.1 Å². The van der Waals surface area contributed by atoms with Gasteiger partial charge in [0.05, 0.1) is 6.10 Å². The van der Waals surface area contributed by atoms with E-state index in [2.05, 4.69) is 0 Å². The van der Waals surface area contributed by atoms with Crippen LogP contribution in [-0.2, 0) is 15.1 Å². The minimum Gasteiger partial charge on any atom is -0.381 e. The average molecular weight is 317 g/mol. The largest absolute Gasteiger partial charge is 0.381 e. The molecule has 1 aromatic carbocycles. The van der Waals surface area contributed by atoms with Crippen molar-refractivity contribution < 1.29 is 14.6 Å². The molecule has 1 heterocycles. The number of aliphatic hydroxyl groups is 1. The molecule has 0 radical (unpaired) electrons. The van der Waals surface area contributed by atoms with Crippen LogP contribution in [0.4, 0.5) is 0 Å². The maximum Gasteiger partial charge on any atom is 0.259 e. The number of nitrogens with zero attached hydrogens (tertiary/aromatic N) is 1. The van der Waals surface area contributed by atoms with Crippen LogP contribution in [0.1, 0.15) is 44.1 Å². The van der Waals surface area contributed by atoms with Crippen molar-refractivity contribution in [2.24, 2.45) is 5.92 Å². The second kappa shape index (κ2) is 7.02. The number of methoxy groups -OCH3 is 1. The van der Waals surface area contributed by atoms with Crippen molar-refractivity contribution in [2.75, 3.05) is 20.2 Å². The summed E-state index contributed by atoms with van der Waals surface area (Å²) < 4.78 is 5.39. The molecule has 23 heavy (non-hydrogen) atoms. The number of carbonyl (C=O) groups excluding carboxylic acids is 1. The third-order valence-electron chi connectivity index (χ3n) is 5.55. The van der Waals surface area contributed by atoms with Crippen LogP contribution in [0.25, 0.3) is 0 Å². The molecule has 1 atom stereocenters. The highest BCUT2D eigenvalue weighted by Gasteiger charge is 2.48. The number of rotatable bonds is 4. The quantitative estimate of drug-likeness (QED) is 0.929. The minimum atomic E-state index is -1.38. The lowest BCUT2D eigenvalue weighted by Gasteiger charge is -2.40. The number of ether oxygens (including phenoxy) is 1. The summed E-state index contributed by atoms with van der Waals surface area (Å²) in [5.74, 6) is -0.0947. The molecule has 4 heteroatoms. The lowest BCUT2D eigenvalue weighted by molar-refractivity contribution is -0.161. The number of hydrogen-bond acceptors (Lipinski definition) is 3. The lowest BCUT2D eigenvalue weighted by atomic mass is 9.78. The van der Waals surface area contributed by atoms with E-state index in [-0.39, 0.29) is 17.9 Å². The van der Waals surface area contributed by atoms with Gasteiger partial charge in [0.2, 0.25) is 0 Å². The Balaban J connectivity index is 1.85. The van der Waals surface area contributed by atoms with Gasteiger partial charge in [0, 0.05) is 26.1 Å². The van der Waals surface area contributed by atoms with E-state index in [1.54, 1.807) is 7.11 Å². The summed E-state index contributed by atoms with van der Waals surface area (Å²) in [6, 6.07) is 9.50. The molecule has 0 aromatic heterocycles. The number of amides is 1. The Labute approximate surface area is 138 Å². The Morgan fingerprint density at radius 1 is 1.13 bits per heavy atom. The third-order valence-corrected chi connectivity index (χ3v) is 5.55. The Hall–Kier alpha value is -1.39. The fourth-order valence-corrected chi connectivity index (χ4v) is 4.11. The van der Waals surface area contributed by atoms with Crippen molar-refractivity contribution in [1.29, 1.82) is 0 Å². The van der Waals surface area contributed by atoms with Crippen molar-refractivity contribution in [2.45, 2.75) is 50.2 Å². The van der Waals surface area contributed by atoms with E-state index in [0.717, 1.165) is 44.1 Å². The van der Waals surface area contributed by atoms with Crippen LogP contribution in [0.3, 0.4) is 0 Å². The summed E-state index contributed by atoms with van der Waals surface area (Å²) in [5.41, 5.74) is -0.636. The molecule has 0 bridgehead atoms. The van der Waals surface area contributed by atoms with Gasteiger partial charge in [0.1, 0.15) is 0 Å². The molecule has 1 N–H and O–H groups in total. The monoisotopic (exact) mass is 317 g/mol. The first-order valence-electron chi connectivity index (χ1n) is 8.76. The smallest absolute Gasteiger partial charge is 0.259 e. The molecular formula is C19H27NO3. The molecule has 1 saturated heterocycles. The van der Waals surface area contributed by atoms with Gasteiger partial charge in [-0.05, 0) is 31.2 Å². The van der Waals surface area contributed by atoms with Crippen LogP contribution in [0.15, 0.2) is 30.3 Å². The normalized spacial score (nSPS) is 23.0. The van der Waals surface area contributed by atoms with Crippen molar-refractivity contribution >= 4 is 5.91 Å². The summed E-state index contributed by atoms with van der Waals surface area (Å²) in [5, 5.41) is 11.5. The first-order valence-corrected chi connectivity index (χ1v) is 8.76. The van der Waals surface area contributed by atoms with Crippen LogP contribution in [0.5, 0.6) is 0 Å². The van der Waals surface area contributed by atoms with Crippen LogP contribution >= 0.6 is 0 Å². The van der Waals surface area contributed by atoms with E-state index >= 15 is 0 Å². The van der Waals surface area contributed by atoms with Gasteiger partial charge in [-0.2, -0.15) is 0 Å². The zero-order valence-corrected chi connectivity index (χ0v) is 13.9. The lowest BCUT2D eigenvalue weighted by Crippen LogP contribution is -2.53. The number of carbonyl (C=O) groups is 1. The molecule has 1 saturated carbocycles. The summed E-state index contributed by atoms with van der Waals surface area (Å²) >= 11 is 0. The highest BCUT2D eigenvalue weighted by molar-refractivity contribution is 5.87. The summed E-state index contributed by atoms with van der Waals surface area (Å²) in [4.78, 5) is 15.1. The van der Waals surface area contributed by atoms with Gasteiger partial charge in [0.25, 0.3) is 5.91 Å².